The number of nitrogens with one attached hydrogen (secondary N) is 1. The first-order valence-corrected chi connectivity index (χ1v) is 8.08. The number of aromatic nitrogens is 3. The van der Waals surface area contributed by atoms with Gasteiger partial charge in [0.15, 0.2) is 0 Å². The van der Waals surface area contributed by atoms with Gasteiger partial charge in [-0.25, -0.2) is 4.98 Å². The van der Waals surface area contributed by atoms with E-state index in [1.54, 1.807) is 11.3 Å². The summed E-state index contributed by atoms with van der Waals surface area (Å²) >= 11 is 1.75. The van der Waals surface area contributed by atoms with E-state index in [2.05, 4.69) is 46.2 Å². The van der Waals surface area contributed by atoms with Crippen molar-refractivity contribution in [3.8, 4) is 0 Å². The minimum atomic E-state index is 0.264. The Balaban J connectivity index is 1.97. The normalized spacial score (nSPS) is 12.9. The minimum Gasteiger partial charge on any atom is -0.312 e. The van der Waals surface area contributed by atoms with Crippen LogP contribution in [0.4, 0.5) is 0 Å². The van der Waals surface area contributed by atoms with Crippen LogP contribution in [0.5, 0.6) is 0 Å². The number of hydrogen-bond donors (Lipinski definition) is 1. The molecule has 0 aliphatic rings. The number of thiazole rings is 1. The van der Waals surface area contributed by atoms with Gasteiger partial charge < -0.3 is 5.32 Å². The number of likely N-dealkylation sites (N-methyl/N-ethyl adjacent to an activating group) is 1. The first kappa shape index (κ1) is 14.2. The Labute approximate surface area is 128 Å². The molecule has 5 heteroatoms. The lowest BCUT2D eigenvalue weighted by Gasteiger charge is -2.12. The van der Waals surface area contributed by atoms with Crippen molar-refractivity contribution in [1.29, 1.82) is 0 Å². The van der Waals surface area contributed by atoms with Crippen LogP contribution in [-0.4, -0.2) is 21.8 Å². The number of benzene rings is 1. The van der Waals surface area contributed by atoms with Crippen LogP contribution in [0.15, 0.2) is 30.5 Å². The molecule has 1 N–H and O–H groups in total. The van der Waals surface area contributed by atoms with Gasteiger partial charge in [0.25, 0.3) is 0 Å². The van der Waals surface area contributed by atoms with E-state index >= 15 is 0 Å². The molecular formula is C16H20N4S. The zero-order valence-electron chi connectivity index (χ0n) is 12.6. The second kappa shape index (κ2) is 5.95. The molecule has 3 aromatic rings. The van der Waals surface area contributed by atoms with Gasteiger partial charge in [0, 0.05) is 35.5 Å². The Morgan fingerprint density at radius 2 is 2.14 bits per heavy atom. The number of nitrogens with zero attached hydrogens (tertiary/aromatic N) is 3. The predicted octanol–water partition coefficient (Wildman–Crippen LogP) is 3.32. The van der Waals surface area contributed by atoms with Crippen LogP contribution < -0.4 is 5.32 Å². The molecular weight excluding hydrogens is 280 g/mol. The molecule has 1 atom stereocenters. The van der Waals surface area contributed by atoms with Crippen molar-refractivity contribution < 1.29 is 0 Å². The van der Waals surface area contributed by atoms with Crippen LogP contribution in [0.25, 0.3) is 10.9 Å². The summed E-state index contributed by atoms with van der Waals surface area (Å²) in [5.41, 5.74) is 2.36. The zero-order chi connectivity index (χ0) is 14.8. The van der Waals surface area contributed by atoms with E-state index in [-0.39, 0.29) is 6.04 Å². The van der Waals surface area contributed by atoms with Gasteiger partial charge in [0.05, 0.1) is 16.2 Å². The molecule has 0 aliphatic carbocycles. The van der Waals surface area contributed by atoms with Crippen LogP contribution in [0, 0.1) is 6.92 Å². The van der Waals surface area contributed by atoms with Gasteiger partial charge in [-0.05, 0) is 27.0 Å². The van der Waals surface area contributed by atoms with E-state index in [0.29, 0.717) is 0 Å². The molecule has 0 fully saturated rings. The van der Waals surface area contributed by atoms with E-state index in [4.69, 9.17) is 5.10 Å². The summed E-state index contributed by atoms with van der Waals surface area (Å²) in [5, 5.41) is 10.5. The highest BCUT2D eigenvalue weighted by molar-refractivity contribution is 7.11. The van der Waals surface area contributed by atoms with Gasteiger partial charge >= 0.3 is 0 Å². The Morgan fingerprint density at radius 1 is 1.33 bits per heavy atom. The smallest absolute Gasteiger partial charge is 0.0897 e. The highest BCUT2D eigenvalue weighted by Crippen LogP contribution is 2.27. The maximum Gasteiger partial charge on any atom is 0.0897 e. The Bertz CT molecular complexity index is 744. The van der Waals surface area contributed by atoms with Gasteiger partial charge in [0.1, 0.15) is 0 Å². The fourth-order valence-corrected chi connectivity index (χ4v) is 3.56. The fraction of sp³-hybridized carbons (Fsp3) is 0.375. The minimum absolute atomic E-state index is 0.264. The van der Waals surface area contributed by atoms with E-state index in [1.165, 1.54) is 15.8 Å². The molecule has 1 aromatic carbocycles. The monoisotopic (exact) mass is 300 g/mol. The summed E-state index contributed by atoms with van der Waals surface area (Å²) in [7, 11) is 2.00. The number of aryl methyl sites for hydroxylation is 2. The Morgan fingerprint density at radius 3 is 2.81 bits per heavy atom. The average Bonchev–Trinajstić information content (AvgIpc) is 3.09. The SMILES string of the molecule is CCn1nc(CC(NC)c2cnc(C)s2)c2ccccc21. The quantitative estimate of drug-likeness (QED) is 0.786. The number of rotatable bonds is 5. The second-order valence-electron chi connectivity index (χ2n) is 5.11. The summed E-state index contributed by atoms with van der Waals surface area (Å²) in [4.78, 5) is 5.63. The van der Waals surface area contributed by atoms with Gasteiger partial charge in [-0.1, -0.05) is 18.2 Å². The van der Waals surface area contributed by atoms with Gasteiger partial charge in [-0.2, -0.15) is 5.10 Å². The first-order valence-electron chi connectivity index (χ1n) is 7.27. The molecule has 0 radical (unpaired) electrons. The summed E-state index contributed by atoms with van der Waals surface area (Å²) in [6, 6.07) is 8.72. The highest BCUT2D eigenvalue weighted by atomic mass is 32.1. The number of hydrogen-bond acceptors (Lipinski definition) is 4. The lowest BCUT2D eigenvalue weighted by molar-refractivity contribution is 0.580. The molecule has 0 amide bonds. The van der Waals surface area contributed by atoms with Crippen LogP contribution in [-0.2, 0) is 13.0 Å². The zero-order valence-corrected chi connectivity index (χ0v) is 13.4. The van der Waals surface area contributed by atoms with Crippen molar-refractivity contribution in [1.82, 2.24) is 20.1 Å². The maximum absolute atomic E-state index is 4.79. The van der Waals surface area contributed by atoms with Crippen LogP contribution in [0.1, 0.15) is 28.5 Å². The molecule has 0 spiro atoms. The molecule has 2 heterocycles. The third kappa shape index (κ3) is 2.71. The molecule has 0 saturated heterocycles. The van der Waals surface area contributed by atoms with Crippen molar-refractivity contribution in [3.63, 3.8) is 0 Å². The van der Waals surface area contributed by atoms with Crippen LogP contribution >= 0.6 is 11.3 Å². The maximum atomic E-state index is 4.79. The fourth-order valence-electron chi connectivity index (χ4n) is 2.67. The van der Waals surface area contributed by atoms with Crippen molar-refractivity contribution in [2.24, 2.45) is 0 Å². The highest BCUT2D eigenvalue weighted by Gasteiger charge is 2.17. The third-order valence-electron chi connectivity index (χ3n) is 3.76. The predicted molar refractivity (Wildman–Crippen MR) is 87.8 cm³/mol. The number of fused-ring (bicyclic) bond motifs is 1. The topological polar surface area (TPSA) is 42.7 Å². The van der Waals surface area contributed by atoms with Crippen molar-refractivity contribution in [2.45, 2.75) is 32.9 Å². The first-order chi connectivity index (χ1) is 10.2. The summed E-state index contributed by atoms with van der Waals surface area (Å²) in [6.45, 7) is 5.07. The molecule has 0 bridgehead atoms. The summed E-state index contributed by atoms with van der Waals surface area (Å²) < 4.78 is 2.08. The standard InChI is InChI=1S/C16H20N4S/c1-4-20-15-8-6-5-7-12(15)13(19-20)9-14(17-3)16-10-18-11(2)21-16/h5-8,10,14,17H,4,9H2,1-3H3. The van der Waals surface area contributed by atoms with Gasteiger partial charge in [0.2, 0.25) is 0 Å². The lowest BCUT2D eigenvalue weighted by atomic mass is 10.1. The third-order valence-corrected chi connectivity index (χ3v) is 4.79. The second-order valence-corrected chi connectivity index (χ2v) is 6.37. The summed E-state index contributed by atoms with van der Waals surface area (Å²) in [6.07, 6.45) is 2.85. The molecule has 21 heavy (non-hydrogen) atoms. The van der Waals surface area contributed by atoms with E-state index in [9.17, 15) is 0 Å². The average molecular weight is 300 g/mol. The van der Waals surface area contributed by atoms with Gasteiger partial charge in [-0.3, -0.25) is 4.68 Å². The largest absolute Gasteiger partial charge is 0.312 e. The molecule has 2 aromatic heterocycles. The van der Waals surface area contributed by atoms with E-state index in [0.717, 1.165) is 23.7 Å². The van der Waals surface area contributed by atoms with Crippen molar-refractivity contribution >= 4 is 22.2 Å². The molecule has 3 rings (SSSR count). The molecule has 110 valence electrons. The van der Waals surface area contributed by atoms with Crippen molar-refractivity contribution in [3.05, 3.63) is 46.0 Å². The van der Waals surface area contributed by atoms with E-state index in [1.807, 2.05) is 20.2 Å². The van der Waals surface area contributed by atoms with Crippen LogP contribution in [0.3, 0.4) is 0 Å². The van der Waals surface area contributed by atoms with E-state index < -0.39 is 0 Å². The Kier molecular flexibility index (Phi) is 4.03. The molecule has 0 saturated carbocycles. The molecule has 0 aliphatic heterocycles. The summed E-state index contributed by atoms with van der Waals surface area (Å²) in [5.74, 6) is 0. The van der Waals surface area contributed by atoms with Crippen LogP contribution in [0.2, 0.25) is 0 Å². The Hall–Kier alpha value is -1.72. The van der Waals surface area contributed by atoms with Gasteiger partial charge in [-0.15, -0.1) is 11.3 Å². The lowest BCUT2D eigenvalue weighted by Crippen LogP contribution is -2.18. The molecule has 1 unspecified atom stereocenters. The van der Waals surface area contributed by atoms with Crippen molar-refractivity contribution in [2.75, 3.05) is 7.05 Å². The molecule has 4 nitrogen and oxygen atoms in total. The number of para-hydroxylation sites is 1.